The second-order valence-corrected chi connectivity index (χ2v) is 3.45. The van der Waals surface area contributed by atoms with E-state index in [0.717, 1.165) is 18.9 Å². The molecule has 0 saturated heterocycles. The van der Waals surface area contributed by atoms with Gasteiger partial charge in [0.05, 0.1) is 0 Å². The smallest absolute Gasteiger partial charge is 0.131 e. The molecule has 4 heteroatoms. The van der Waals surface area contributed by atoms with Gasteiger partial charge in [0.2, 0.25) is 0 Å². The lowest BCUT2D eigenvalue weighted by molar-refractivity contribution is 0.573. The van der Waals surface area contributed by atoms with Crippen LogP contribution in [0.3, 0.4) is 0 Å². The Bertz CT molecular complexity index is 250. The molecule has 0 radical (unpaired) electrons. The van der Waals surface area contributed by atoms with Crippen LogP contribution in [0.25, 0.3) is 0 Å². The maximum absolute atomic E-state index is 5.59. The molecule has 0 aromatic carbocycles. The number of hydrogen-bond acceptors (Lipinski definition) is 4. The zero-order valence-corrected chi connectivity index (χ0v) is 8.85. The Morgan fingerprint density at radius 1 is 1.57 bits per heavy atom. The SMILES string of the molecule is CCN(CC(C)CN)c1ccncn1. The van der Waals surface area contributed by atoms with Crippen molar-refractivity contribution >= 4 is 5.82 Å². The van der Waals surface area contributed by atoms with Gasteiger partial charge in [-0.2, -0.15) is 0 Å². The van der Waals surface area contributed by atoms with Crippen molar-refractivity contribution in [1.82, 2.24) is 9.97 Å². The number of rotatable bonds is 5. The van der Waals surface area contributed by atoms with E-state index < -0.39 is 0 Å². The van der Waals surface area contributed by atoms with Gasteiger partial charge in [0.25, 0.3) is 0 Å². The van der Waals surface area contributed by atoms with Gasteiger partial charge in [-0.15, -0.1) is 0 Å². The van der Waals surface area contributed by atoms with Gasteiger partial charge in [-0.05, 0) is 25.5 Å². The summed E-state index contributed by atoms with van der Waals surface area (Å²) in [6, 6.07) is 1.92. The minimum Gasteiger partial charge on any atom is -0.356 e. The van der Waals surface area contributed by atoms with E-state index in [1.165, 1.54) is 0 Å². The van der Waals surface area contributed by atoms with Crippen LogP contribution in [0.15, 0.2) is 18.6 Å². The molecule has 1 rings (SSSR count). The van der Waals surface area contributed by atoms with Gasteiger partial charge >= 0.3 is 0 Å². The third-order valence-corrected chi connectivity index (χ3v) is 2.21. The Labute approximate surface area is 85.2 Å². The summed E-state index contributed by atoms with van der Waals surface area (Å²) in [6.07, 6.45) is 3.34. The standard InChI is InChI=1S/C10H18N4/c1-3-14(7-9(2)6-11)10-4-5-12-8-13-10/h4-5,8-9H,3,6-7,11H2,1-2H3. The Balaban J connectivity index is 2.63. The van der Waals surface area contributed by atoms with Crippen molar-refractivity contribution in [2.75, 3.05) is 24.5 Å². The molecule has 4 nitrogen and oxygen atoms in total. The fourth-order valence-corrected chi connectivity index (χ4v) is 1.31. The van der Waals surface area contributed by atoms with Gasteiger partial charge in [-0.1, -0.05) is 6.92 Å². The largest absolute Gasteiger partial charge is 0.356 e. The molecule has 2 N–H and O–H groups in total. The summed E-state index contributed by atoms with van der Waals surface area (Å²) in [6.45, 7) is 6.86. The molecular formula is C10H18N4. The third kappa shape index (κ3) is 2.96. The average Bonchev–Trinajstić information content (AvgIpc) is 2.26. The van der Waals surface area contributed by atoms with Gasteiger partial charge in [0, 0.05) is 19.3 Å². The normalized spacial score (nSPS) is 12.5. The molecule has 0 saturated carbocycles. The molecule has 0 spiro atoms. The first-order valence-corrected chi connectivity index (χ1v) is 4.99. The van der Waals surface area contributed by atoms with Gasteiger partial charge in [0.15, 0.2) is 0 Å². The second-order valence-electron chi connectivity index (χ2n) is 3.45. The highest BCUT2D eigenvalue weighted by atomic mass is 15.2. The highest BCUT2D eigenvalue weighted by molar-refractivity contribution is 5.36. The van der Waals surface area contributed by atoms with E-state index >= 15 is 0 Å². The van der Waals surface area contributed by atoms with Gasteiger partial charge in [0.1, 0.15) is 12.1 Å². The molecule has 1 unspecified atom stereocenters. The first kappa shape index (κ1) is 10.9. The molecule has 0 aliphatic rings. The molecule has 0 aliphatic heterocycles. The summed E-state index contributed by atoms with van der Waals surface area (Å²) < 4.78 is 0. The van der Waals surface area contributed by atoms with E-state index in [9.17, 15) is 0 Å². The van der Waals surface area contributed by atoms with Gasteiger partial charge < -0.3 is 10.6 Å². The van der Waals surface area contributed by atoms with Crippen LogP contribution in [-0.4, -0.2) is 29.6 Å². The predicted molar refractivity (Wildman–Crippen MR) is 58.1 cm³/mol. The number of aromatic nitrogens is 2. The summed E-state index contributed by atoms with van der Waals surface area (Å²) >= 11 is 0. The molecule has 78 valence electrons. The molecule has 1 heterocycles. The van der Waals surface area contributed by atoms with Crippen LogP contribution in [0.1, 0.15) is 13.8 Å². The molecule has 1 aromatic heterocycles. The average molecular weight is 194 g/mol. The van der Waals surface area contributed by atoms with Crippen molar-refractivity contribution in [3.8, 4) is 0 Å². The third-order valence-electron chi connectivity index (χ3n) is 2.21. The topological polar surface area (TPSA) is 55.0 Å². The van der Waals surface area contributed by atoms with Crippen molar-refractivity contribution in [2.45, 2.75) is 13.8 Å². The summed E-state index contributed by atoms with van der Waals surface area (Å²) in [4.78, 5) is 10.3. The van der Waals surface area contributed by atoms with E-state index in [1.54, 1.807) is 12.5 Å². The highest BCUT2D eigenvalue weighted by Gasteiger charge is 2.08. The fourth-order valence-electron chi connectivity index (χ4n) is 1.31. The number of anilines is 1. The van der Waals surface area contributed by atoms with Crippen molar-refractivity contribution in [3.63, 3.8) is 0 Å². The van der Waals surface area contributed by atoms with Crippen LogP contribution in [0.2, 0.25) is 0 Å². The molecule has 1 atom stereocenters. The lowest BCUT2D eigenvalue weighted by Gasteiger charge is -2.24. The molecular weight excluding hydrogens is 176 g/mol. The molecule has 0 amide bonds. The monoisotopic (exact) mass is 194 g/mol. The Morgan fingerprint density at radius 2 is 2.36 bits per heavy atom. The Kier molecular flexibility index (Phi) is 4.32. The maximum atomic E-state index is 5.59. The summed E-state index contributed by atoms with van der Waals surface area (Å²) in [5.74, 6) is 1.47. The lowest BCUT2D eigenvalue weighted by atomic mass is 10.1. The van der Waals surface area contributed by atoms with E-state index in [4.69, 9.17) is 5.73 Å². The highest BCUT2D eigenvalue weighted by Crippen LogP contribution is 2.09. The molecule has 1 aromatic rings. The Morgan fingerprint density at radius 3 is 2.86 bits per heavy atom. The van der Waals surface area contributed by atoms with Crippen LogP contribution < -0.4 is 10.6 Å². The van der Waals surface area contributed by atoms with E-state index in [1.807, 2.05) is 6.07 Å². The number of nitrogens with two attached hydrogens (primary N) is 1. The van der Waals surface area contributed by atoms with E-state index in [-0.39, 0.29) is 0 Å². The fraction of sp³-hybridized carbons (Fsp3) is 0.600. The van der Waals surface area contributed by atoms with Crippen LogP contribution >= 0.6 is 0 Å². The van der Waals surface area contributed by atoms with Crippen molar-refractivity contribution < 1.29 is 0 Å². The van der Waals surface area contributed by atoms with Crippen LogP contribution in [0.4, 0.5) is 5.82 Å². The first-order valence-electron chi connectivity index (χ1n) is 4.99. The van der Waals surface area contributed by atoms with Crippen LogP contribution in [0.5, 0.6) is 0 Å². The zero-order valence-electron chi connectivity index (χ0n) is 8.85. The van der Waals surface area contributed by atoms with Crippen molar-refractivity contribution in [2.24, 2.45) is 11.7 Å². The van der Waals surface area contributed by atoms with Crippen LogP contribution in [0, 0.1) is 5.92 Å². The zero-order chi connectivity index (χ0) is 10.4. The first-order chi connectivity index (χ1) is 6.77. The molecule has 0 bridgehead atoms. The van der Waals surface area contributed by atoms with Crippen molar-refractivity contribution in [3.05, 3.63) is 18.6 Å². The van der Waals surface area contributed by atoms with E-state index in [2.05, 4.69) is 28.7 Å². The summed E-state index contributed by atoms with van der Waals surface area (Å²) in [5, 5.41) is 0. The predicted octanol–water partition coefficient (Wildman–Crippen LogP) is 0.898. The number of hydrogen-bond donors (Lipinski definition) is 1. The second kappa shape index (κ2) is 5.54. The lowest BCUT2D eigenvalue weighted by Crippen LogP contribution is -2.32. The summed E-state index contributed by atoms with van der Waals surface area (Å²) in [5.41, 5.74) is 5.59. The van der Waals surface area contributed by atoms with Crippen LogP contribution in [-0.2, 0) is 0 Å². The molecule has 14 heavy (non-hydrogen) atoms. The van der Waals surface area contributed by atoms with Gasteiger partial charge in [-0.3, -0.25) is 0 Å². The minimum atomic E-state index is 0.491. The quantitative estimate of drug-likeness (QED) is 0.756. The number of nitrogens with zero attached hydrogens (tertiary/aromatic N) is 3. The summed E-state index contributed by atoms with van der Waals surface area (Å²) in [7, 11) is 0. The minimum absolute atomic E-state index is 0.491. The molecule has 0 fully saturated rings. The van der Waals surface area contributed by atoms with Crippen molar-refractivity contribution in [1.29, 1.82) is 0 Å². The van der Waals surface area contributed by atoms with Gasteiger partial charge in [-0.25, -0.2) is 9.97 Å². The maximum Gasteiger partial charge on any atom is 0.131 e. The Hall–Kier alpha value is -1.16. The molecule has 0 aliphatic carbocycles. The van der Waals surface area contributed by atoms with E-state index in [0.29, 0.717) is 12.5 Å².